The standard InChI is InChI=1S/C10H11N3O2/c1-14-10-11-9(12-13-10)7-15-8-5-3-2-4-6-8/h2-6H,7H2,1H3,(H,11,12,13). The van der Waals surface area contributed by atoms with Gasteiger partial charge in [0.1, 0.15) is 12.4 Å². The minimum Gasteiger partial charge on any atom is -0.486 e. The van der Waals surface area contributed by atoms with Crippen molar-refractivity contribution in [1.29, 1.82) is 0 Å². The van der Waals surface area contributed by atoms with E-state index in [4.69, 9.17) is 9.47 Å². The van der Waals surface area contributed by atoms with E-state index >= 15 is 0 Å². The van der Waals surface area contributed by atoms with Crippen molar-refractivity contribution >= 4 is 0 Å². The van der Waals surface area contributed by atoms with Crippen molar-refractivity contribution in [3.05, 3.63) is 36.2 Å². The molecule has 15 heavy (non-hydrogen) atoms. The number of methoxy groups -OCH3 is 1. The molecule has 0 aliphatic rings. The molecule has 0 saturated carbocycles. The molecule has 5 heteroatoms. The molecular weight excluding hydrogens is 194 g/mol. The topological polar surface area (TPSA) is 60.0 Å². The van der Waals surface area contributed by atoms with Gasteiger partial charge in [0, 0.05) is 0 Å². The molecule has 0 bridgehead atoms. The predicted molar refractivity (Wildman–Crippen MR) is 53.7 cm³/mol. The van der Waals surface area contributed by atoms with E-state index in [9.17, 15) is 0 Å². The maximum Gasteiger partial charge on any atom is 0.335 e. The minimum absolute atomic E-state index is 0.321. The van der Waals surface area contributed by atoms with Crippen LogP contribution in [0.15, 0.2) is 30.3 Å². The second-order valence-corrected chi connectivity index (χ2v) is 2.87. The average molecular weight is 205 g/mol. The van der Waals surface area contributed by atoms with Crippen molar-refractivity contribution in [2.45, 2.75) is 6.61 Å². The van der Waals surface area contributed by atoms with Gasteiger partial charge in [0.2, 0.25) is 0 Å². The van der Waals surface area contributed by atoms with E-state index in [0.717, 1.165) is 5.75 Å². The maximum absolute atomic E-state index is 5.46. The Hall–Kier alpha value is -2.04. The molecule has 0 unspecified atom stereocenters. The molecule has 2 aromatic rings. The first kappa shape index (κ1) is 9.51. The molecule has 0 spiro atoms. The normalized spacial score (nSPS) is 9.93. The molecule has 0 saturated heterocycles. The van der Waals surface area contributed by atoms with Gasteiger partial charge in [-0.3, -0.25) is 5.10 Å². The summed E-state index contributed by atoms with van der Waals surface area (Å²) in [5.74, 6) is 1.43. The zero-order chi connectivity index (χ0) is 10.5. The molecule has 0 aliphatic carbocycles. The van der Waals surface area contributed by atoms with Crippen LogP contribution in [0.4, 0.5) is 0 Å². The number of benzene rings is 1. The average Bonchev–Trinajstić information content (AvgIpc) is 2.76. The molecule has 0 radical (unpaired) electrons. The van der Waals surface area contributed by atoms with Crippen LogP contribution in [0.25, 0.3) is 0 Å². The quantitative estimate of drug-likeness (QED) is 0.819. The highest BCUT2D eigenvalue weighted by Gasteiger charge is 2.02. The Labute approximate surface area is 87.1 Å². The van der Waals surface area contributed by atoms with Crippen LogP contribution in [-0.2, 0) is 6.61 Å². The lowest BCUT2D eigenvalue weighted by Gasteiger charge is -2.01. The van der Waals surface area contributed by atoms with Gasteiger partial charge in [-0.25, -0.2) is 0 Å². The zero-order valence-corrected chi connectivity index (χ0v) is 8.30. The van der Waals surface area contributed by atoms with Crippen molar-refractivity contribution in [3.8, 4) is 11.8 Å². The largest absolute Gasteiger partial charge is 0.486 e. The van der Waals surface area contributed by atoms with Gasteiger partial charge < -0.3 is 9.47 Å². The number of aromatic nitrogens is 3. The first-order chi connectivity index (χ1) is 7.38. The van der Waals surface area contributed by atoms with Gasteiger partial charge in [-0.1, -0.05) is 18.2 Å². The number of para-hydroxylation sites is 1. The Kier molecular flexibility index (Phi) is 2.82. The minimum atomic E-state index is 0.321. The fourth-order valence-electron chi connectivity index (χ4n) is 1.10. The zero-order valence-electron chi connectivity index (χ0n) is 8.30. The number of ether oxygens (including phenoxy) is 2. The molecule has 78 valence electrons. The summed E-state index contributed by atoms with van der Waals surface area (Å²) in [5, 5.41) is 6.52. The van der Waals surface area contributed by atoms with Gasteiger partial charge >= 0.3 is 6.01 Å². The van der Waals surface area contributed by atoms with Crippen LogP contribution >= 0.6 is 0 Å². The second-order valence-electron chi connectivity index (χ2n) is 2.87. The lowest BCUT2D eigenvalue weighted by Crippen LogP contribution is -1.97. The maximum atomic E-state index is 5.46. The van der Waals surface area contributed by atoms with Gasteiger partial charge in [0.05, 0.1) is 7.11 Å². The van der Waals surface area contributed by atoms with Crippen LogP contribution in [0.3, 0.4) is 0 Å². The molecule has 2 rings (SSSR count). The number of hydrogen-bond donors (Lipinski definition) is 1. The number of rotatable bonds is 4. The van der Waals surface area contributed by atoms with E-state index in [1.807, 2.05) is 30.3 Å². The van der Waals surface area contributed by atoms with E-state index < -0.39 is 0 Å². The number of H-pyrrole nitrogens is 1. The van der Waals surface area contributed by atoms with Crippen LogP contribution < -0.4 is 9.47 Å². The Morgan fingerprint density at radius 2 is 2.07 bits per heavy atom. The Morgan fingerprint density at radius 1 is 1.27 bits per heavy atom. The molecule has 1 aromatic carbocycles. The molecule has 1 N–H and O–H groups in total. The molecule has 0 atom stereocenters. The molecular formula is C10H11N3O2. The van der Waals surface area contributed by atoms with E-state index in [1.165, 1.54) is 7.11 Å². The number of hydrogen-bond acceptors (Lipinski definition) is 4. The monoisotopic (exact) mass is 205 g/mol. The van der Waals surface area contributed by atoms with Crippen LogP contribution in [0.5, 0.6) is 11.8 Å². The lowest BCUT2D eigenvalue weighted by molar-refractivity contribution is 0.295. The molecule has 0 aliphatic heterocycles. The third-order valence-electron chi connectivity index (χ3n) is 1.81. The summed E-state index contributed by atoms with van der Waals surface area (Å²) in [6, 6.07) is 9.85. The Morgan fingerprint density at radius 3 is 2.73 bits per heavy atom. The summed E-state index contributed by atoms with van der Waals surface area (Å²) in [5.41, 5.74) is 0. The molecule has 5 nitrogen and oxygen atoms in total. The number of nitrogens with one attached hydrogen (secondary N) is 1. The number of nitrogens with zero attached hydrogens (tertiary/aromatic N) is 2. The van der Waals surface area contributed by atoms with E-state index in [-0.39, 0.29) is 0 Å². The van der Waals surface area contributed by atoms with Gasteiger partial charge in [0.15, 0.2) is 5.82 Å². The first-order valence-corrected chi connectivity index (χ1v) is 4.51. The Bertz CT molecular complexity index is 414. The van der Waals surface area contributed by atoms with Gasteiger partial charge in [-0.2, -0.15) is 4.98 Å². The van der Waals surface area contributed by atoms with Crippen LogP contribution in [0.2, 0.25) is 0 Å². The van der Waals surface area contributed by atoms with Crippen LogP contribution in [-0.4, -0.2) is 22.3 Å². The SMILES string of the molecule is COc1n[nH]c(COc2ccccc2)n1. The first-order valence-electron chi connectivity index (χ1n) is 4.51. The highest BCUT2D eigenvalue weighted by Crippen LogP contribution is 2.10. The molecule has 0 fully saturated rings. The Balaban J connectivity index is 1.93. The van der Waals surface area contributed by atoms with E-state index in [1.54, 1.807) is 0 Å². The highest BCUT2D eigenvalue weighted by atomic mass is 16.5. The predicted octanol–water partition coefficient (Wildman–Crippen LogP) is 1.39. The lowest BCUT2D eigenvalue weighted by atomic mass is 10.3. The fourth-order valence-corrected chi connectivity index (χ4v) is 1.10. The van der Waals surface area contributed by atoms with Gasteiger partial charge in [-0.05, 0) is 12.1 Å². The van der Waals surface area contributed by atoms with Crippen molar-refractivity contribution in [2.24, 2.45) is 0 Å². The second kappa shape index (κ2) is 4.45. The smallest absolute Gasteiger partial charge is 0.335 e. The summed E-state index contributed by atoms with van der Waals surface area (Å²) in [4.78, 5) is 4.03. The van der Waals surface area contributed by atoms with Crippen LogP contribution in [0.1, 0.15) is 5.82 Å². The molecule has 1 aromatic heterocycles. The third-order valence-corrected chi connectivity index (χ3v) is 1.81. The highest BCUT2D eigenvalue weighted by molar-refractivity contribution is 5.20. The van der Waals surface area contributed by atoms with Crippen molar-refractivity contribution < 1.29 is 9.47 Å². The van der Waals surface area contributed by atoms with E-state index in [0.29, 0.717) is 18.4 Å². The summed E-state index contributed by atoms with van der Waals surface area (Å²) in [7, 11) is 1.52. The summed E-state index contributed by atoms with van der Waals surface area (Å²) >= 11 is 0. The van der Waals surface area contributed by atoms with Crippen molar-refractivity contribution in [3.63, 3.8) is 0 Å². The van der Waals surface area contributed by atoms with E-state index in [2.05, 4.69) is 15.2 Å². The van der Waals surface area contributed by atoms with Gasteiger partial charge in [0.25, 0.3) is 0 Å². The van der Waals surface area contributed by atoms with Crippen molar-refractivity contribution in [2.75, 3.05) is 7.11 Å². The van der Waals surface area contributed by atoms with Crippen LogP contribution in [0, 0.1) is 0 Å². The number of aromatic amines is 1. The third kappa shape index (κ3) is 2.46. The summed E-state index contributed by atoms with van der Waals surface area (Å²) < 4.78 is 10.3. The molecule has 1 heterocycles. The summed E-state index contributed by atoms with van der Waals surface area (Å²) in [6.07, 6.45) is 0. The van der Waals surface area contributed by atoms with Crippen molar-refractivity contribution in [1.82, 2.24) is 15.2 Å². The molecule has 0 amide bonds. The fraction of sp³-hybridized carbons (Fsp3) is 0.200. The van der Waals surface area contributed by atoms with Gasteiger partial charge in [-0.15, -0.1) is 5.10 Å². The summed E-state index contributed by atoms with van der Waals surface area (Å²) in [6.45, 7) is 0.348.